The predicted octanol–water partition coefficient (Wildman–Crippen LogP) is -2.65. The summed E-state index contributed by atoms with van der Waals surface area (Å²) >= 11 is 0. The zero-order valence-electron chi connectivity index (χ0n) is 21.3. The number of aromatic nitrogens is 2. The first-order valence-corrected chi connectivity index (χ1v) is 12.0. The van der Waals surface area contributed by atoms with E-state index in [0.717, 1.165) is 66.1 Å². The van der Waals surface area contributed by atoms with Gasteiger partial charge in [0.15, 0.2) is 0 Å². The number of rotatable bonds is 11. The van der Waals surface area contributed by atoms with Crippen molar-refractivity contribution in [2.24, 2.45) is 0 Å². The number of carboxylic acids is 1. The fourth-order valence-corrected chi connectivity index (χ4v) is 4.29. The molecule has 4 rings (SSSR count). The number of aromatic hydroxyl groups is 2. The molecule has 0 amide bonds. The second-order valence-corrected chi connectivity index (χ2v) is 8.66. The van der Waals surface area contributed by atoms with E-state index in [4.69, 9.17) is 10.1 Å². The number of phenolic OH excluding ortho intramolecular Hbond substituents is 2. The first kappa shape index (κ1) is 36.4. The van der Waals surface area contributed by atoms with Crippen LogP contribution in [0.3, 0.4) is 0 Å². The summed E-state index contributed by atoms with van der Waals surface area (Å²) in [6, 6.07) is 24.3. The van der Waals surface area contributed by atoms with Crippen LogP contribution in [0.15, 0.2) is 78.9 Å². The maximum absolute atomic E-state index is 10.7. The van der Waals surface area contributed by atoms with Gasteiger partial charge in [-0.05, 0) is 61.4 Å². The minimum atomic E-state index is -0.740. The molecular formula is C29H30BBr3N2O4. The molecular weight excluding hydrogens is 691 g/mol. The Morgan fingerprint density at radius 2 is 1.18 bits per heavy atom. The van der Waals surface area contributed by atoms with Crippen molar-refractivity contribution in [2.75, 3.05) is 0 Å². The molecule has 4 aromatic rings. The Balaban J connectivity index is 0.00000361. The molecule has 0 fully saturated rings. The number of hydrogen-bond donors (Lipinski definition) is 3. The van der Waals surface area contributed by atoms with Gasteiger partial charge in [-0.1, -0.05) is 49.6 Å². The third-order valence-electron chi connectivity index (χ3n) is 6.05. The summed E-state index contributed by atoms with van der Waals surface area (Å²) in [5.41, 5.74) is 4.63. The number of hydrogen-bond acceptors (Lipinski definition) is 4. The summed E-state index contributed by atoms with van der Waals surface area (Å²) < 4.78 is 2.24. The molecule has 0 saturated carbocycles. The van der Waals surface area contributed by atoms with Crippen molar-refractivity contribution in [1.82, 2.24) is 9.55 Å². The van der Waals surface area contributed by atoms with E-state index >= 15 is 0 Å². The van der Waals surface area contributed by atoms with Crippen LogP contribution in [0.1, 0.15) is 38.5 Å². The van der Waals surface area contributed by atoms with Crippen LogP contribution in [0, 0.1) is 0 Å². The van der Waals surface area contributed by atoms with Crippen LogP contribution >= 0.6 is 0 Å². The number of imidazole rings is 1. The molecule has 3 aromatic carbocycles. The molecule has 0 unspecified atom stereocenters. The van der Waals surface area contributed by atoms with Crippen molar-refractivity contribution in [3.63, 3.8) is 0 Å². The summed E-state index contributed by atoms with van der Waals surface area (Å²) in [6.45, 7) is 0.754. The molecule has 0 aliphatic heterocycles. The summed E-state index contributed by atoms with van der Waals surface area (Å²) in [4.78, 5) is 15.8. The molecule has 1 aromatic heterocycles. The van der Waals surface area contributed by atoms with E-state index < -0.39 is 5.97 Å². The summed E-state index contributed by atoms with van der Waals surface area (Å²) in [7, 11) is 0. The van der Waals surface area contributed by atoms with Gasteiger partial charge >= 0.3 is 14.4 Å². The quantitative estimate of drug-likeness (QED) is 0.116. The van der Waals surface area contributed by atoms with Crippen LogP contribution in [0.25, 0.3) is 33.9 Å². The van der Waals surface area contributed by atoms with Gasteiger partial charge in [0.1, 0.15) is 17.3 Å². The van der Waals surface area contributed by atoms with Crippen LogP contribution in [0.2, 0.25) is 0 Å². The van der Waals surface area contributed by atoms with Gasteiger partial charge in [0.2, 0.25) is 0 Å². The van der Waals surface area contributed by atoms with E-state index in [-0.39, 0.29) is 77.3 Å². The maximum Gasteiger partial charge on any atom is 3.00 e. The van der Waals surface area contributed by atoms with Gasteiger partial charge < -0.3 is 70.8 Å². The van der Waals surface area contributed by atoms with Gasteiger partial charge in [-0.3, -0.25) is 4.79 Å². The van der Waals surface area contributed by atoms with Gasteiger partial charge in [-0.2, -0.15) is 0 Å². The smallest absolute Gasteiger partial charge is 1.00 e. The molecule has 0 saturated heterocycles. The fraction of sp³-hybridized carbons (Fsp3) is 0.241. The van der Waals surface area contributed by atoms with Crippen molar-refractivity contribution in [1.29, 1.82) is 0 Å². The van der Waals surface area contributed by atoms with Gasteiger partial charge in [-0.15, -0.1) is 0 Å². The van der Waals surface area contributed by atoms with Gasteiger partial charge in [-0.25, -0.2) is 4.98 Å². The van der Waals surface area contributed by atoms with Crippen molar-refractivity contribution >= 4 is 14.4 Å². The van der Waals surface area contributed by atoms with E-state index in [9.17, 15) is 15.0 Å². The van der Waals surface area contributed by atoms with Crippen LogP contribution in [-0.2, 0) is 11.3 Å². The van der Waals surface area contributed by atoms with Crippen LogP contribution in [0.4, 0.5) is 0 Å². The number of carboxylic acid groups (broad SMARTS) is 1. The Bertz CT molecular complexity index is 1270. The Morgan fingerprint density at radius 1 is 0.667 bits per heavy atom. The summed E-state index contributed by atoms with van der Waals surface area (Å²) in [5, 5.41) is 28.5. The van der Waals surface area contributed by atoms with E-state index in [0.29, 0.717) is 6.42 Å². The molecule has 204 valence electrons. The molecule has 10 heteroatoms. The minimum Gasteiger partial charge on any atom is -1.00 e. The second kappa shape index (κ2) is 17.9. The Labute approximate surface area is 263 Å². The average Bonchev–Trinajstić information content (AvgIpc) is 3.24. The molecule has 1 heterocycles. The van der Waals surface area contributed by atoms with Gasteiger partial charge in [0.25, 0.3) is 0 Å². The Morgan fingerprint density at radius 3 is 1.74 bits per heavy atom. The standard InChI is InChI=1S/C29H30N2O4.B.3BrH/c32-24-16-12-21(13-17-24)27-28(22-14-18-25(33)19-15-22)31(20-8-3-1-2-7-11-26(34)35)29(30-27)23-9-5-4-6-10-23;;;;/h4-6,9-10,12-19,32-33H,1-3,7-8,11,20H2,(H,34,35);;3*1H/q;+3;;;/p-3. The largest absolute Gasteiger partial charge is 3.00 e. The van der Waals surface area contributed by atoms with E-state index in [1.807, 2.05) is 54.6 Å². The zero-order valence-corrected chi connectivity index (χ0v) is 26.1. The van der Waals surface area contributed by atoms with Crippen LogP contribution in [-0.4, -0.2) is 39.3 Å². The fourth-order valence-electron chi connectivity index (χ4n) is 4.29. The van der Waals surface area contributed by atoms with Crippen LogP contribution in [0.5, 0.6) is 11.5 Å². The number of carbonyl (C=O) groups is 1. The van der Waals surface area contributed by atoms with E-state index in [1.54, 1.807) is 24.3 Å². The third-order valence-corrected chi connectivity index (χ3v) is 6.05. The molecule has 0 atom stereocenters. The van der Waals surface area contributed by atoms with Crippen molar-refractivity contribution < 1.29 is 71.1 Å². The van der Waals surface area contributed by atoms with Gasteiger partial charge in [0.05, 0.1) is 11.4 Å². The number of aliphatic carboxylic acids is 1. The van der Waals surface area contributed by atoms with E-state index in [1.165, 1.54) is 0 Å². The van der Waals surface area contributed by atoms with E-state index in [2.05, 4.69) is 4.57 Å². The Hall–Kier alpha value is -2.56. The summed E-state index contributed by atoms with van der Waals surface area (Å²) in [6.07, 6.45) is 4.76. The molecule has 6 nitrogen and oxygen atoms in total. The SMILES string of the molecule is O=C(O)CCCCCCCn1c(-c2ccccc2)nc(-c2ccc(O)cc2)c1-c1ccc(O)cc1.[B+3].[Br-].[Br-].[Br-]. The van der Waals surface area contributed by atoms with Crippen molar-refractivity contribution in [3.05, 3.63) is 78.9 Å². The zero-order chi connectivity index (χ0) is 24.6. The molecule has 0 aliphatic rings. The third kappa shape index (κ3) is 9.85. The molecule has 0 radical (unpaired) electrons. The first-order chi connectivity index (χ1) is 17.0. The summed E-state index contributed by atoms with van der Waals surface area (Å²) in [5.74, 6) is 0.528. The molecule has 0 bridgehead atoms. The number of halogens is 3. The molecule has 0 spiro atoms. The second-order valence-electron chi connectivity index (χ2n) is 8.66. The molecule has 39 heavy (non-hydrogen) atoms. The van der Waals surface area contributed by atoms with Gasteiger partial charge in [0, 0.05) is 29.7 Å². The topological polar surface area (TPSA) is 95.6 Å². The molecule has 0 aliphatic carbocycles. The Kier molecular flexibility index (Phi) is 16.7. The molecule has 3 N–H and O–H groups in total. The number of unbranched alkanes of at least 4 members (excludes halogenated alkanes) is 4. The predicted molar refractivity (Wildman–Crippen MR) is 143 cm³/mol. The first-order valence-electron chi connectivity index (χ1n) is 12.0. The van der Waals surface area contributed by atoms with Crippen molar-refractivity contribution in [3.8, 4) is 45.4 Å². The minimum absolute atomic E-state index is 0. The van der Waals surface area contributed by atoms with Crippen molar-refractivity contribution in [2.45, 2.75) is 45.1 Å². The normalized spacial score (nSPS) is 9.85. The number of nitrogens with zero attached hydrogens (tertiary/aromatic N) is 2. The number of phenols is 2. The average molecular weight is 721 g/mol. The number of benzene rings is 3. The van der Waals surface area contributed by atoms with Crippen LogP contribution < -0.4 is 50.9 Å². The maximum atomic E-state index is 10.7. The monoisotopic (exact) mass is 718 g/mol.